The maximum absolute atomic E-state index is 6.13. The van der Waals surface area contributed by atoms with E-state index >= 15 is 0 Å². The number of hydrogen-bond donors (Lipinski definition) is 1. The fourth-order valence-electron chi connectivity index (χ4n) is 3.92. The average Bonchev–Trinajstić information content (AvgIpc) is 3.52. The first kappa shape index (κ1) is 17.5. The highest BCUT2D eigenvalue weighted by Crippen LogP contribution is 2.41. The SMILES string of the molecule is C[C@H]1Cc2ccccc2CN1c1cc(C2CC2)nc(Nc2cccc(Cl)c2)n1. The molecule has 5 rings (SSSR count). The zero-order valence-electron chi connectivity index (χ0n) is 15.9. The van der Waals surface area contributed by atoms with Gasteiger partial charge in [0.15, 0.2) is 0 Å². The van der Waals surface area contributed by atoms with Crippen molar-refractivity contribution in [3.63, 3.8) is 0 Å². The Morgan fingerprint density at radius 3 is 2.61 bits per heavy atom. The van der Waals surface area contributed by atoms with Crippen molar-refractivity contribution in [1.82, 2.24) is 9.97 Å². The highest BCUT2D eigenvalue weighted by Gasteiger charge is 2.29. The summed E-state index contributed by atoms with van der Waals surface area (Å²) < 4.78 is 0. The molecule has 0 bridgehead atoms. The van der Waals surface area contributed by atoms with Gasteiger partial charge in [0.2, 0.25) is 5.95 Å². The van der Waals surface area contributed by atoms with Crippen LogP contribution in [0.2, 0.25) is 5.02 Å². The van der Waals surface area contributed by atoms with Crippen molar-refractivity contribution < 1.29 is 0 Å². The standard InChI is InChI=1S/C23H23ClN4/c1-15-11-17-5-2-3-6-18(17)14-28(15)22-13-21(16-9-10-16)26-23(27-22)25-20-8-4-7-19(24)12-20/h2-8,12-13,15-16H,9-11,14H2,1H3,(H,25,26,27)/t15-/m0/s1. The van der Waals surface area contributed by atoms with Gasteiger partial charge in [-0.15, -0.1) is 0 Å². The Hall–Kier alpha value is -2.59. The number of anilines is 3. The Morgan fingerprint density at radius 2 is 1.82 bits per heavy atom. The van der Waals surface area contributed by atoms with E-state index in [4.69, 9.17) is 21.6 Å². The molecule has 1 aromatic heterocycles. The first-order valence-electron chi connectivity index (χ1n) is 9.91. The lowest BCUT2D eigenvalue weighted by Gasteiger charge is -2.36. The highest BCUT2D eigenvalue weighted by molar-refractivity contribution is 6.30. The molecule has 2 aromatic carbocycles. The molecular formula is C23H23ClN4. The second-order valence-corrected chi connectivity index (χ2v) is 8.27. The maximum atomic E-state index is 6.13. The minimum Gasteiger partial charge on any atom is -0.349 e. The van der Waals surface area contributed by atoms with Crippen LogP contribution in [-0.4, -0.2) is 16.0 Å². The van der Waals surface area contributed by atoms with Crippen molar-refractivity contribution in [3.8, 4) is 0 Å². The maximum Gasteiger partial charge on any atom is 0.229 e. The molecule has 5 heteroatoms. The lowest BCUT2D eigenvalue weighted by molar-refractivity contribution is 0.586. The van der Waals surface area contributed by atoms with Gasteiger partial charge in [0.05, 0.1) is 5.69 Å². The van der Waals surface area contributed by atoms with Crippen LogP contribution in [0.3, 0.4) is 0 Å². The van der Waals surface area contributed by atoms with Crippen molar-refractivity contribution in [2.45, 2.75) is 44.7 Å². The Labute approximate surface area is 170 Å². The molecule has 2 heterocycles. The summed E-state index contributed by atoms with van der Waals surface area (Å²) in [4.78, 5) is 12.1. The predicted octanol–water partition coefficient (Wildman–Crippen LogP) is 5.70. The quantitative estimate of drug-likeness (QED) is 0.620. The molecule has 0 spiro atoms. The van der Waals surface area contributed by atoms with Crippen LogP contribution in [0.4, 0.5) is 17.5 Å². The molecule has 1 aliphatic carbocycles. The van der Waals surface area contributed by atoms with E-state index in [0.29, 0.717) is 22.9 Å². The Morgan fingerprint density at radius 1 is 1.00 bits per heavy atom. The molecule has 3 aromatic rings. The molecule has 0 saturated heterocycles. The summed E-state index contributed by atoms with van der Waals surface area (Å²) in [5.74, 6) is 2.21. The summed E-state index contributed by atoms with van der Waals surface area (Å²) in [7, 11) is 0. The fourth-order valence-corrected chi connectivity index (χ4v) is 4.11. The second-order valence-electron chi connectivity index (χ2n) is 7.83. The first-order valence-corrected chi connectivity index (χ1v) is 10.3. The number of benzene rings is 2. The molecule has 1 fully saturated rings. The number of fused-ring (bicyclic) bond motifs is 1. The van der Waals surface area contributed by atoms with Crippen LogP contribution in [0.25, 0.3) is 0 Å². The number of halogens is 1. The topological polar surface area (TPSA) is 41.1 Å². The zero-order valence-corrected chi connectivity index (χ0v) is 16.7. The van der Waals surface area contributed by atoms with Crippen molar-refractivity contribution in [2.24, 2.45) is 0 Å². The van der Waals surface area contributed by atoms with E-state index in [1.54, 1.807) is 0 Å². The van der Waals surface area contributed by atoms with E-state index < -0.39 is 0 Å². The summed E-state index contributed by atoms with van der Waals surface area (Å²) >= 11 is 6.13. The summed E-state index contributed by atoms with van der Waals surface area (Å²) in [6.07, 6.45) is 3.47. The summed E-state index contributed by atoms with van der Waals surface area (Å²) in [6.45, 7) is 3.16. The summed E-state index contributed by atoms with van der Waals surface area (Å²) in [5, 5.41) is 4.05. The number of nitrogens with one attached hydrogen (secondary N) is 1. The third-order valence-corrected chi connectivity index (χ3v) is 5.84. The van der Waals surface area contributed by atoms with Crippen LogP contribution in [0, 0.1) is 0 Å². The Bertz CT molecular complexity index is 1010. The highest BCUT2D eigenvalue weighted by atomic mass is 35.5. The van der Waals surface area contributed by atoms with Crippen LogP contribution in [0.1, 0.15) is 42.5 Å². The number of hydrogen-bond acceptors (Lipinski definition) is 4. The molecule has 1 aliphatic heterocycles. The average molecular weight is 391 g/mol. The second kappa shape index (κ2) is 7.10. The molecule has 0 unspecified atom stereocenters. The van der Waals surface area contributed by atoms with Crippen molar-refractivity contribution in [2.75, 3.05) is 10.2 Å². The van der Waals surface area contributed by atoms with Crippen molar-refractivity contribution in [1.29, 1.82) is 0 Å². The van der Waals surface area contributed by atoms with Gasteiger partial charge in [-0.3, -0.25) is 0 Å². The zero-order chi connectivity index (χ0) is 19.1. The first-order chi connectivity index (χ1) is 13.7. The molecule has 4 nitrogen and oxygen atoms in total. The molecule has 0 radical (unpaired) electrons. The van der Waals surface area contributed by atoms with E-state index in [0.717, 1.165) is 30.2 Å². The van der Waals surface area contributed by atoms with Gasteiger partial charge in [0.25, 0.3) is 0 Å². The molecule has 142 valence electrons. The van der Waals surface area contributed by atoms with Crippen LogP contribution in [0.5, 0.6) is 0 Å². The van der Waals surface area contributed by atoms with Gasteiger partial charge in [-0.25, -0.2) is 4.98 Å². The summed E-state index contributed by atoms with van der Waals surface area (Å²) in [6, 6.07) is 19.0. The van der Waals surface area contributed by atoms with E-state index in [1.807, 2.05) is 24.3 Å². The lowest BCUT2D eigenvalue weighted by Crippen LogP contribution is -2.39. The van der Waals surface area contributed by atoms with Crippen LogP contribution in [-0.2, 0) is 13.0 Å². The van der Waals surface area contributed by atoms with E-state index in [-0.39, 0.29) is 0 Å². The molecular weight excluding hydrogens is 368 g/mol. The van der Waals surface area contributed by atoms with Gasteiger partial charge in [-0.05, 0) is 55.5 Å². The van der Waals surface area contributed by atoms with Gasteiger partial charge in [-0.1, -0.05) is 41.9 Å². The van der Waals surface area contributed by atoms with Gasteiger partial charge in [0, 0.05) is 35.3 Å². The monoisotopic (exact) mass is 390 g/mol. The van der Waals surface area contributed by atoms with Gasteiger partial charge < -0.3 is 10.2 Å². The van der Waals surface area contributed by atoms with E-state index in [9.17, 15) is 0 Å². The van der Waals surface area contributed by atoms with Crippen LogP contribution < -0.4 is 10.2 Å². The normalized spacial score (nSPS) is 18.6. The van der Waals surface area contributed by atoms with Crippen molar-refractivity contribution in [3.05, 3.63) is 76.4 Å². The largest absolute Gasteiger partial charge is 0.349 e. The van der Waals surface area contributed by atoms with Crippen molar-refractivity contribution >= 4 is 29.1 Å². The minimum absolute atomic E-state index is 0.399. The van der Waals surface area contributed by atoms with Crippen LogP contribution in [0.15, 0.2) is 54.6 Å². The molecule has 1 atom stereocenters. The minimum atomic E-state index is 0.399. The predicted molar refractivity (Wildman–Crippen MR) is 115 cm³/mol. The molecule has 1 saturated carbocycles. The number of nitrogens with zero attached hydrogens (tertiary/aromatic N) is 3. The molecule has 0 amide bonds. The smallest absolute Gasteiger partial charge is 0.229 e. The van der Waals surface area contributed by atoms with Gasteiger partial charge in [-0.2, -0.15) is 4.98 Å². The Balaban J connectivity index is 1.49. The van der Waals surface area contributed by atoms with Gasteiger partial charge in [0.1, 0.15) is 5.82 Å². The van der Waals surface area contributed by atoms with Gasteiger partial charge >= 0.3 is 0 Å². The number of rotatable bonds is 4. The Kier molecular flexibility index (Phi) is 4.44. The molecule has 28 heavy (non-hydrogen) atoms. The fraction of sp³-hybridized carbons (Fsp3) is 0.304. The lowest BCUT2D eigenvalue weighted by atomic mass is 9.95. The molecule has 1 N–H and O–H groups in total. The van der Waals surface area contributed by atoms with E-state index in [2.05, 4.69) is 47.5 Å². The third-order valence-electron chi connectivity index (χ3n) is 5.61. The van der Waals surface area contributed by atoms with E-state index in [1.165, 1.54) is 24.0 Å². The van der Waals surface area contributed by atoms with Crippen LogP contribution >= 0.6 is 11.6 Å². The molecule has 2 aliphatic rings. The third kappa shape index (κ3) is 3.57. The number of aromatic nitrogens is 2. The summed E-state index contributed by atoms with van der Waals surface area (Å²) in [5.41, 5.74) is 4.88.